The Labute approximate surface area is 178 Å². The second-order valence-corrected chi connectivity index (χ2v) is 7.44. The van der Waals surface area contributed by atoms with Crippen molar-refractivity contribution in [2.75, 3.05) is 51.8 Å². The van der Waals surface area contributed by atoms with Gasteiger partial charge in [0.25, 0.3) is 0 Å². The maximum absolute atomic E-state index is 12.6. The Morgan fingerprint density at radius 3 is 2.34 bits per heavy atom. The summed E-state index contributed by atoms with van der Waals surface area (Å²) in [6, 6.07) is 17.7. The molecule has 0 radical (unpaired) electrons. The van der Waals surface area contributed by atoms with Gasteiger partial charge in [-0.2, -0.15) is 0 Å². The summed E-state index contributed by atoms with van der Waals surface area (Å²) in [4.78, 5) is 18.6. The van der Waals surface area contributed by atoms with E-state index in [1.807, 2.05) is 61.6 Å². The summed E-state index contributed by atoms with van der Waals surface area (Å²) in [6.45, 7) is 4.37. The number of nitrogens with one attached hydrogen (secondary N) is 1. The average Bonchev–Trinajstić information content (AvgIpc) is 2.78. The van der Waals surface area contributed by atoms with Crippen LogP contribution in [0.25, 0.3) is 0 Å². The van der Waals surface area contributed by atoms with Crippen molar-refractivity contribution in [1.82, 2.24) is 15.1 Å². The van der Waals surface area contributed by atoms with E-state index < -0.39 is 0 Å². The predicted octanol–water partition coefficient (Wildman–Crippen LogP) is 2.35. The van der Waals surface area contributed by atoms with Crippen LogP contribution in [-0.4, -0.2) is 67.7 Å². The van der Waals surface area contributed by atoms with Crippen LogP contribution in [0.15, 0.2) is 54.6 Å². The Hall–Kier alpha value is -2.64. The number of ether oxygens (including phenoxy) is 1. The Morgan fingerprint density at radius 2 is 1.72 bits per heavy atom. The molecule has 1 saturated heterocycles. The number of anilines is 1. The third-order valence-electron chi connectivity index (χ3n) is 5.14. The molecule has 1 amide bonds. The van der Waals surface area contributed by atoms with Gasteiger partial charge in [-0.15, -0.1) is 0 Å². The predicted molar refractivity (Wildman–Crippen MR) is 120 cm³/mol. The fraction of sp³-hybridized carbons (Fsp3) is 0.364. The summed E-state index contributed by atoms with van der Waals surface area (Å²) in [5, 5.41) is 4.08. The number of nitrogens with zero attached hydrogens (tertiary/aromatic N) is 3. The van der Waals surface area contributed by atoms with Gasteiger partial charge in [0.1, 0.15) is 5.75 Å². The van der Waals surface area contributed by atoms with Crippen molar-refractivity contribution in [2.45, 2.75) is 6.54 Å². The highest BCUT2D eigenvalue weighted by atomic mass is 32.1. The van der Waals surface area contributed by atoms with E-state index in [1.165, 1.54) is 0 Å². The Balaban J connectivity index is 1.41. The van der Waals surface area contributed by atoms with Crippen LogP contribution in [-0.2, 0) is 11.3 Å². The zero-order chi connectivity index (χ0) is 20.6. The van der Waals surface area contributed by atoms with Gasteiger partial charge >= 0.3 is 0 Å². The van der Waals surface area contributed by atoms with Crippen LogP contribution in [0.1, 0.15) is 5.56 Å². The average molecular weight is 413 g/mol. The Morgan fingerprint density at radius 1 is 1.07 bits per heavy atom. The van der Waals surface area contributed by atoms with E-state index in [4.69, 9.17) is 17.0 Å². The lowest BCUT2D eigenvalue weighted by Crippen LogP contribution is -2.53. The van der Waals surface area contributed by atoms with E-state index in [-0.39, 0.29) is 5.91 Å². The van der Waals surface area contributed by atoms with Gasteiger partial charge in [-0.3, -0.25) is 9.69 Å². The molecule has 1 aliphatic heterocycles. The molecule has 0 saturated carbocycles. The molecule has 0 bridgehead atoms. The topological polar surface area (TPSA) is 48.1 Å². The standard InChI is InChI=1S/C22H28N4O2S/c1-24(19-6-4-3-5-7-19)21(27)17-25-12-14-26(15-13-25)22(29)23-16-18-8-10-20(28-2)11-9-18/h3-11H,12-17H2,1-2H3,(H,23,29). The molecule has 0 atom stereocenters. The molecule has 1 aliphatic rings. The largest absolute Gasteiger partial charge is 0.497 e. The molecular weight excluding hydrogens is 384 g/mol. The van der Waals surface area contributed by atoms with Crippen LogP contribution in [0, 0.1) is 0 Å². The van der Waals surface area contributed by atoms with Crippen molar-refractivity contribution in [1.29, 1.82) is 0 Å². The molecule has 1 N–H and O–H groups in total. The second-order valence-electron chi connectivity index (χ2n) is 7.06. The number of likely N-dealkylation sites (N-methyl/N-ethyl adjacent to an activating group) is 1. The van der Waals surface area contributed by atoms with Gasteiger partial charge < -0.3 is 19.9 Å². The molecule has 29 heavy (non-hydrogen) atoms. The maximum atomic E-state index is 12.6. The number of thiocarbonyl (C=S) groups is 1. The Bertz CT molecular complexity index is 805. The first kappa shape index (κ1) is 21.1. The molecule has 6 nitrogen and oxygen atoms in total. The molecule has 7 heteroatoms. The van der Waals surface area contributed by atoms with Crippen LogP contribution in [0.3, 0.4) is 0 Å². The first-order valence-corrected chi connectivity index (χ1v) is 10.2. The molecule has 0 aromatic heterocycles. The molecular formula is C22H28N4O2S. The molecule has 154 valence electrons. The van der Waals surface area contributed by atoms with E-state index in [0.29, 0.717) is 13.1 Å². The molecule has 2 aromatic rings. The molecule has 0 spiro atoms. The maximum Gasteiger partial charge on any atom is 0.240 e. The fourth-order valence-corrected chi connectivity index (χ4v) is 3.49. The van der Waals surface area contributed by atoms with Crippen molar-refractivity contribution < 1.29 is 9.53 Å². The second kappa shape index (κ2) is 10.2. The van der Waals surface area contributed by atoms with E-state index in [0.717, 1.165) is 48.3 Å². The molecule has 0 unspecified atom stereocenters. The monoisotopic (exact) mass is 412 g/mol. The number of hydrogen-bond acceptors (Lipinski definition) is 4. The van der Waals surface area contributed by atoms with Gasteiger partial charge in [0.15, 0.2) is 5.11 Å². The van der Waals surface area contributed by atoms with Crippen LogP contribution in [0.2, 0.25) is 0 Å². The highest BCUT2D eigenvalue weighted by molar-refractivity contribution is 7.80. The quantitative estimate of drug-likeness (QED) is 0.735. The van der Waals surface area contributed by atoms with Gasteiger partial charge in [-0.1, -0.05) is 30.3 Å². The Kier molecular flexibility index (Phi) is 7.43. The minimum atomic E-state index is 0.102. The zero-order valence-electron chi connectivity index (χ0n) is 17.0. The lowest BCUT2D eigenvalue weighted by atomic mass is 10.2. The highest BCUT2D eigenvalue weighted by Gasteiger charge is 2.22. The summed E-state index contributed by atoms with van der Waals surface area (Å²) in [6.07, 6.45) is 0. The number of rotatable bonds is 6. The van der Waals surface area contributed by atoms with Gasteiger partial charge in [0.2, 0.25) is 5.91 Å². The summed E-state index contributed by atoms with van der Waals surface area (Å²) in [5.41, 5.74) is 2.07. The van der Waals surface area contributed by atoms with Crippen LogP contribution in [0.5, 0.6) is 5.75 Å². The van der Waals surface area contributed by atoms with Gasteiger partial charge in [-0.05, 0) is 42.0 Å². The number of amides is 1. The molecule has 1 heterocycles. The normalized spacial score (nSPS) is 14.3. The van der Waals surface area contributed by atoms with Crippen molar-refractivity contribution in [3.05, 3.63) is 60.2 Å². The molecule has 1 fully saturated rings. The third kappa shape index (κ3) is 5.92. The van der Waals surface area contributed by atoms with Crippen LogP contribution < -0.4 is 15.0 Å². The fourth-order valence-electron chi connectivity index (χ4n) is 3.23. The number of para-hydroxylation sites is 1. The van der Waals surface area contributed by atoms with E-state index >= 15 is 0 Å². The number of carbonyl (C=O) groups excluding carboxylic acids is 1. The summed E-state index contributed by atoms with van der Waals surface area (Å²) in [5.74, 6) is 0.949. The van der Waals surface area contributed by atoms with E-state index in [2.05, 4.69) is 15.1 Å². The number of methoxy groups -OCH3 is 1. The molecule has 3 rings (SSSR count). The van der Waals surface area contributed by atoms with Gasteiger partial charge in [0.05, 0.1) is 13.7 Å². The van der Waals surface area contributed by atoms with Crippen molar-refractivity contribution in [2.24, 2.45) is 0 Å². The van der Waals surface area contributed by atoms with E-state index in [9.17, 15) is 4.79 Å². The molecule has 2 aromatic carbocycles. The summed E-state index contributed by atoms with van der Waals surface area (Å²) < 4.78 is 5.18. The van der Waals surface area contributed by atoms with E-state index in [1.54, 1.807) is 12.0 Å². The highest BCUT2D eigenvalue weighted by Crippen LogP contribution is 2.13. The lowest BCUT2D eigenvalue weighted by molar-refractivity contribution is -0.119. The SMILES string of the molecule is COc1ccc(CNC(=S)N2CCN(CC(=O)N(C)c3ccccc3)CC2)cc1. The summed E-state index contributed by atoms with van der Waals surface area (Å²) in [7, 11) is 3.49. The molecule has 0 aliphatic carbocycles. The number of benzene rings is 2. The number of carbonyl (C=O) groups is 1. The van der Waals surface area contributed by atoms with Crippen molar-refractivity contribution in [3.63, 3.8) is 0 Å². The minimum absolute atomic E-state index is 0.102. The zero-order valence-corrected chi connectivity index (χ0v) is 17.8. The minimum Gasteiger partial charge on any atom is -0.497 e. The smallest absolute Gasteiger partial charge is 0.240 e. The van der Waals surface area contributed by atoms with Gasteiger partial charge in [0, 0.05) is 45.5 Å². The number of hydrogen-bond donors (Lipinski definition) is 1. The number of piperazine rings is 1. The van der Waals surface area contributed by atoms with Crippen LogP contribution >= 0.6 is 12.2 Å². The van der Waals surface area contributed by atoms with Crippen molar-refractivity contribution in [3.8, 4) is 5.75 Å². The van der Waals surface area contributed by atoms with Crippen LogP contribution in [0.4, 0.5) is 5.69 Å². The van der Waals surface area contributed by atoms with Crippen molar-refractivity contribution >= 4 is 28.9 Å². The lowest BCUT2D eigenvalue weighted by Gasteiger charge is -2.36. The van der Waals surface area contributed by atoms with Gasteiger partial charge in [-0.25, -0.2) is 0 Å². The summed E-state index contributed by atoms with van der Waals surface area (Å²) >= 11 is 5.55. The first-order valence-electron chi connectivity index (χ1n) is 9.76. The first-order chi connectivity index (χ1) is 14.1. The third-order valence-corrected chi connectivity index (χ3v) is 5.54.